The highest BCUT2D eigenvalue weighted by molar-refractivity contribution is 5.81. The highest BCUT2D eigenvalue weighted by Gasteiger charge is 2.21. The lowest BCUT2D eigenvalue weighted by molar-refractivity contribution is 0.420. The first-order valence-electron chi connectivity index (χ1n) is 7.01. The fourth-order valence-corrected chi connectivity index (χ4v) is 2.37. The van der Waals surface area contributed by atoms with Crippen molar-refractivity contribution in [2.75, 3.05) is 0 Å². The molecule has 0 amide bonds. The number of nitrogens with zero attached hydrogens (tertiary/aromatic N) is 1. The van der Waals surface area contributed by atoms with E-state index < -0.39 is 0 Å². The van der Waals surface area contributed by atoms with Crippen LogP contribution in [0.1, 0.15) is 25.5 Å². The molecule has 3 aromatic rings. The normalized spacial score (nSPS) is 11.1. The number of halogens is 1. The van der Waals surface area contributed by atoms with E-state index in [1.54, 1.807) is 24.4 Å². The highest BCUT2D eigenvalue weighted by Crippen LogP contribution is 2.37. The van der Waals surface area contributed by atoms with Gasteiger partial charge in [-0.3, -0.25) is 4.79 Å². The SMILES string of the molecule is CC(C)c1noc(-c2ccc(F)cc2)c1-c1cc[nH]c(=O)c1. The number of pyridine rings is 1. The molecule has 0 spiro atoms. The number of H-pyrrole nitrogens is 1. The summed E-state index contributed by atoms with van der Waals surface area (Å²) in [6.07, 6.45) is 1.59. The zero-order chi connectivity index (χ0) is 15.7. The zero-order valence-electron chi connectivity index (χ0n) is 12.3. The van der Waals surface area contributed by atoms with Gasteiger partial charge in [-0.25, -0.2) is 4.39 Å². The Kier molecular flexibility index (Phi) is 3.63. The van der Waals surface area contributed by atoms with Gasteiger partial charge >= 0.3 is 0 Å². The summed E-state index contributed by atoms with van der Waals surface area (Å²) in [4.78, 5) is 14.2. The van der Waals surface area contributed by atoms with Crippen molar-refractivity contribution >= 4 is 0 Å². The number of aromatic amines is 1. The van der Waals surface area contributed by atoms with Gasteiger partial charge in [0.1, 0.15) is 5.82 Å². The molecule has 0 radical (unpaired) electrons. The van der Waals surface area contributed by atoms with Crippen molar-refractivity contribution < 1.29 is 8.91 Å². The number of nitrogens with one attached hydrogen (secondary N) is 1. The number of aromatic nitrogens is 2. The Labute approximate surface area is 126 Å². The first-order valence-corrected chi connectivity index (χ1v) is 7.01. The first-order chi connectivity index (χ1) is 10.6. The fraction of sp³-hybridized carbons (Fsp3) is 0.176. The Morgan fingerprint density at radius 1 is 1.14 bits per heavy atom. The van der Waals surface area contributed by atoms with Crippen LogP contribution in [0.4, 0.5) is 4.39 Å². The van der Waals surface area contributed by atoms with Gasteiger partial charge in [0, 0.05) is 17.8 Å². The second-order valence-corrected chi connectivity index (χ2v) is 5.38. The molecular formula is C17H15FN2O2. The van der Waals surface area contributed by atoms with Crippen LogP contribution in [0.25, 0.3) is 22.5 Å². The van der Waals surface area contributed by atoms with E-state index in [2.05, 4.69) is 10.1 Å². The van der Waals surface area contributed by atoms with Crippen LogP contribution in [0.5, 0.6) is 0 Å². The summed E-state index contributed by atoms with van der Waals surface area (Å²) >= 11 is 0. The molecule has 22 heavy (non-hydrogen) atoms. The maximum absolute atomic E-state index is 13.1. The maximum Gasteiger partial charge on any atom is 0.248 e. The third-order valence-electron chi connectivity index (χ3n) is 3.44. The average molecular weight is 298 g/mol. The molecule has 3 rings (SSSR count). The van der Waals surface area contributed by atoms with Gasteiger partial charge < -0.3 is 9.51 Å². The highest BCUT2D eigenvalue weighted by atomic mass is 19.1. The number of benzene rings is 1. The topological polar surface area (TPSA) is 58.9 Å². The Morgan fingerprint density at radius 3 is 2.50 bits per heavy atom. The average Bonchev–Trinajstić information content (AvgIpc) is 2.93. The van der Waals surface area contributed by atoms with E-state index in [0.29, 0.717) is 5.76 Å². The summed E-state index contributed by atoms with van der Waals surface area (Å²) in [6.45, 7) is 4.01. The van der Waals surface area contributed by atoms with E-state index in [1.165, 1.54) is 18.2 Å². The van der Waals surface area contributed by atoms with Crippen LogP contribution in [0.3, 0.4) is 0 Å². The van der Waals surface area contributed by atoms with Gasteiger partial charge in [0.15, 0.2) is 5.76 Å². The van der Waals surface area contributed by atoms with Crippen LogP contribution in [0.2, 0.25) is 0 Å². The van der Waals surface area contributed by atoms with Crippen molar-refractivity contribution in [3.63, 3.8) is 0 Å². The number of rotatable bonds is 3. The van der Waals surface area contributed by atoms with E-state index in [9.17, 15) is 9.18 Å². The van der Waals surface area contributed by atoms with E-state index in [0.717, 1.165) is 22.4 Å². The van der Waals surface area contributed by atoms with Crippen molar-refractivity contribution in [2.45, 2.75) is 19.8 Å². The molecule has 5 heteroatoms. The van der Waals surface area contributed by atoms with Crippen molar-refractivity contribution in [3.8, 4) is 22.5 Å². The molecule has 0 aliphatic carbocycles. The molecule has 2 aromatic heterocycles. The van der Waals surface area contributed by atoms with Crippen LogP contribution >= 0.6 is 0 Å². The fourth-order valence-electron chi connectivity index (χ4n) is 2.37. The molecule has 0 unspecified atom stereocenters. The summed E-state index contributed by atoms with van der Waals surface area (Å²) in [6, 6.07) is 9.31. The van der Waals surface area contributed by atoms with E-state index in [-0.39, 0.29) is 17.3 Å². The van der Waals surface area contributed by atoms with E-state index in [4.69, 9.17) is 4.52 Å². The minimum absolute atomic E-state index is 0.132. The molecular weight excluding hydrogens is 283 g/mol. The molecule has 0 bridgehead atoms. The van der Waals surface area contributed by atoms with Crippen LogP contribution in [-0.2, 0) is 0 Å². The smallest absolute Gasteiger partial charge is 0.248 e. The number of hydrogen-bond donors (Lipinski definition) is 1. The molecule has 0 aliphatic heterocycles. The van der Waals surface area contributed by atoms with Crippen LogP contribution < -0.4 is 5.56 Å². The summed E-state index contributed by atoms with van der Waals surface area (Å²) in [7, 11) is 0. The zero-order valence-corrected chi connectivity index (χ0v) is 12.3. The molecule has 0 saturated carbocycles. The molecule has 4 nitrogen and oxygen atoms in total. The largest absolute Gasteiger partial charge is 0.355 e. The monoisotopic (exact) mass is 298 g/mol. The Balaban J connectivity index is 2.24. The molecule has 0 saturated heterocycles. The van der Waals surface area contributed by atoms with Gasteiger partial charge in [0.25, 0.3) is 0 Å². The van der Waals surface area contributed by atoms with Gasteiger partial charge in [-0.05, 0) is 41.8 Å². The lowest BCUT2D eigenvalue weighted by Crippen LogP contribution is -2.03. The number of hydrogen-bond acceptors (Lipinski definition) is 3. The third kappa shape index (κ3) is 2.57. The Bertz CT molecular complexity index is 848. The molecule has 0 aliphatic rings. The predicted molar refractivity (Wildman–Crippen MR) is 82.0 cm³/mol. The van der Waals surface area contributed by atoms with Crippen LogP contribution in [-0.4, -0.2) is 10.1 Å². The van der Waals surface area contributed by atoms with Crippen LogP contribution in [0.15, 0.2) is 51.9 Å². The minimum Gasteiger partial charge on any atom is -0.355 e. The lowest BCUT2D eigenvalue weighted by Gasteiger charge is -2.06. The second kappa shape index (κ2) is 5.60. The van der Waals surface area contributed by atoms with Crippen molar-refractivity contribution in [2.24, 2.45) is 0 Å². The Hall–Kier alpha value is -2.69. The van der Waals surface area contributed by atoms with Crippen molar-refractivity contribution in [1.29, 1.82) is 0 Å². The van der Waals surface area contributed by atoms with Gasteiger partial charge in [0.05, 0.1) is 11.3 Å². The van der Waals surface area contributed by atoms with Gasteiger partial charge in [-0.2, -0.15) is 0 Å². The van der Waals surface area contributed by atoms with Gasteiger partial charge in [-0.15, -0.1) is 0 Å². The van der Waals surface area contributed by atoms with Crippen molar-refractivity contribution in [3.05, 3.63) is 64.5 Å². The summed E-state index contributed by atoms with van der Waals surface area (Å²) in [5.41, 5.74) is 2.79. The molecule has 0 fully saturated rings. The van der Waals surface area contributed by atoms with Gasteiger partial charge in [-0.1, -0.05) is 19.0 Å². The van der Waals surface area contributed by atoms with Gasteiger partial charge in [0.2, 0.25) is 5.56 Å². The van der Waals surface area contributed by atoms with E-state index >= 15 is 0 Å². The molecule has 0 atom stereocenters. The molecule has 1 aromatic carbocycles. The third-order valence-corrected chi connectivity index (χ3v) is 3.44. The lowest BCUT2D eigenvalue weighted by atomic mass is 9.96. The molecule has 112 valence electrons. The Morgan fingerprint density at radius 2 is 1.86 bits per heavy atom. The minimum atomic E-state index is -0.315. The quantitative estimate of drug-likeness (QED) is 0.796. The van der Waals surface area contributed by atoms with E-state index in [1.807, 2.05) is 13.8 Å². The van der Waals surface area contributed by atoms with Crippen molar-refractivity contribution in [1.82, 2.24) is 10.1 Å². The molecule has 2 heterocycles. The second-order valence-electron chi connectivity index (χ2n) is 5.38. The predicted octanol–water partition coefficient (Wildman–Crippen LogP) is 3.96. The molecule has 1 N–H and O–H groups in total. The van der Waals surface area contributed by atoms with Crippen LogP contribution in [0, 0.1) is 5.82 Å². The summed E-state index contributed by atoms with van der Waals surface area (Å²) in [5.74, 6) is 0.353. The summed E-state index contributed by atoms with van der Waals surface area (Å²) in [5, 5.41) is 4.14. The first kappa shape index (κ1) is 14.3. The standard InChI is InChI=1S/C17H15FN2O2/c1-10(2)16-15(12-7-8-19-14(21)9-12)17(22-20-16)11-3-5-13(18)6-4-11/h3-10H,1-2H3,(H,19,21). The maximum atomic E-state index is 13.1. The summed E-state index contributed by atoms with van der Waals surface area (Å²) < 4.78 is 18.6.